The number of sulfone groups is 1. The second-order valence-electron chi connectivity index (χ2n) is 6.23. The van der Waals surface area contributed by atoms with E-state index in [0.29, 0.717) is 32.6 Å². The van der Waals surface area contributed by atoms with Gasteiger partial charge in [0.05, 0.1) is 11.5 Å². The van der Waals surface area contributed by atoms with Crippen LogP contribution in [0.15, 0.2) is 42.5 Å². The fourth-order valence-corrected chi connectivity index (χ4v) is 5.30. The number of carbonyl (C=O) groups is 1. The van der Waals surface area contributed by atoms with E-state index in [9.17, 15) is 13.2 Å². The van der Waals surface area contributed by atoms with Gasteiger partial charge in [-0.1, -0.05) is 40.9 Å². The molecule has 3 rings (SSSR count). The van der Waals surface area contributed by atoms with Crippen LogP contribution in [0.2, 0.25) is 15.1 Å². The molecule has 1 unspecified atom stereocenters. The highest BCUT2D eigenvalue weighted by Crippen LogP contribution is 2.27. The fourth-order valence-electron chi connectivity index (χ4n) is 2.98. The maximum Gasteiger partial charge on any atom is 0.254 e. The Hall–Kier alpha value is -1.27. The van der Waals surface area contributed by atoms with Gasteiger partial charge in [-0.15, -0.1) is 0 Å². The minimum absolute atomic E-state index is 0.0441. The molecule has 26 heavy (non-hydrogen) atoms. The number of carbonyl (C=O) groups excluding carboxylic acids is 1. The molecular weight excluding hydrogens is 417 g/mol. The normalized spacial score (nSPS) is 18.7. The van der Waals surface area contributed by atoms with Gasteiger partial charge < -0.3 is 4.90 Å². The van der Waals surface area contributed by atoms with Gasteiger partial charge in [-0.05, 0) is 48.4 Å². The van der Waals surface area contributed by atoms with E-state index in [4.69, 9.17) is 34.8 Å². The van der Waals surface area contributed by atoms with Gasteiger partial charge in [0.1, 0.15) is 0 Å². The van der Waals surface area contributed by atoms with Crippen molar-refractivity contribution < 1.29 is 13.2 Å². The van der Waals surface area contributed by atoms with Crippen molar-refractivity contribution in [2.75, 3.05) is 11.5 Å². The van der Waals surface area contributed by atoms with Gasteiger partial charge in [-0.25, -0.2) is 8.42 Å². The van der Waals surface area contributed by atoms with Crippen LogP contribution in [0.4, 0.5) is 0 Å². The first kappa shape index (κ1) is 19.5. The molecule has 1 saturated heterocycles. The molecule has 2 aromatic rings. The van der Waals surface area contributed by atoms with Crippen LogP contribution >= 0.6 is 34.8 Å². The topological polar surface area (TPSA) is 54.5 Å². The molecule has 0 aromatic heterocycles. The molecular formula is C18H16Cl3NO3S. The van der Waals surface area contributed by atoms with E-state index >= 15 is 0 Å². The number of hydrogen-bond donors (Lipinski definition) is 0. The molecule has 0 aliphatic carbocycles. The predicted molar refractivity (Wildman–Crippen MR) is 105 cm³/mol. The van der Waals surface area contributed by atoms with Crippen molar-refractivity contribution in [1.82, 2.24) is 4.90 Å². The van der Waals surface area contributed by atoms with Gasteiger partial charge in [0, 0.05) is 33.2 Å². The molecule has 0 bridgehead atoms. The molecule has 1 aliphatic rings. The van der Waals surface area contributed by atoms with E-state index in [1.165, 1.54) is 0 Å². The van der Waals surface area contributed by atoms with Crippen molar-refractivity contribution in [3.05, 3.63) is 68.7 Å². The molecule has 138 valence electrons. The Morgan fingerprint density at radius 3 is 2.27 bits per heavy atom. The summed E-state index contributed by atoms with van der Waals surface area (Å²) in [6.45, 7) is 0.206. The molecule has 0 saturated carbocycles. The maximum absolute atomic E-state index is 13.1. The first-order valence-corrected chi connectivity index (χ1v) is 10.9. The number of amides is 1. The van der Waals surface area contributed by atoms with Crippen molar-refractivity contribution in [1.29, 1.82) is 0 Å². The maximum atomic E-state index is 13.1. The van der Waals surface area contributed by atoms with E-state index in [0.717, 1.165) is 0 Å². The number of halogens is 3. The molecule has 4 nitrogen and oxygen atoms in total. The molecule has 1 heterocycles. The molecule has 8 heteroatoms. The number of benzene rings is 2. The van der Waals surface area contributed by atoms with Crippen molar-refractivity contribution in [3.63, 3.8) is 0 Å². The molecule has 1 fully saturated rings. The van der Waals surface area contributed by atoms with E-state index in [2.05, 4.69) is 0 Å². The van der Waals surface area contributed by atoms with Crippen LogP contribution in [0.25, 0.3) is 0 Å². The minimum atomic E-state index is -3.14. The summed E-state index contributed by atoms with van der Waals surface area (Å²) >= 11 is 18.1. The van der Waals surface area contributed by atoms with Crippen LogP contribution in [0.1, 0.15) is 22.3 Å². The van der Waals surface area contributed by atoms with Gasteiger partial charge in [0.2, 0.25) is 0 Å². The molecule has 0 radical (unpaired) electrons. The second kappa shape index (κ2) is 7.77. The first-order valence-electron chi connectivity index (χ1n) is 7.96. The highest BCUT2D eigenvalue weighted by molar-refractivity contribution is 7.91. The van der Waals surface area contributed by atoms with Crippen molar-refractivity contribution in [2.45, 2.75) is 19.0 Å². The highest BCUT2D eigenvalue weighted by Gasteiger charge is 2.35. The summed E-state index contributed by atoms with van der Waals surface area (Å²) in [7, 11) is -3.14. The zero-order valence-electron chi connectivity index (χ0n) is 13.7. The summed E-state index contributed by atoms with van der Waals surface area (Å²) in [5.74, 6) is -0.219. The molecule has 0 spiro atoms. The van der Waals surface area contributed by atoms with E-state index in [1.807, 2.05) is 0 Å². The largest absolute Gasteiger partial charge is 0.330 e. The number of hydrogen-bond acceptors (Lipinski definition) is 3. The Bertz CT molecular complexity index is 929. The molecule has 1 atom stereocenters. The van der Waals surface area contributed by atoms with Crippen LogP contribution < -0.4 is 0 Å². The lowest BCUT2D eigenvalue weighted by molar-refractivity contribution is 0.0681. The van der Waals surface area contributed by atoms with Crippen molar-refractivity contribution >= 4 is 50.5 Å². The average molecular weight is 433 g/mol. The third kappa shape index (κ3) is 4.52. The highest BCUT2D eigenvalue weighted by atomic mass is 35.5. The Kier molecular flexibility index (Phi) is 5.82. The van der Waals surface area contributed by atoms with Gasteiger partial charge >= 0.3 is 0 Å². The zero-order chi connectivity index (χ0) is 18.9. The molecule has 0 N–H and O–H groups in total. The van der Waals surface area contributed by atoms with E-state index in [-0.39, 0.29) is 24.0 Å². The predicted octanol–water partition coefficient (Wildman–Crippen LogP) is 4.48. The lowest BCUT2D eigenvalue weighted by atomic mass is 10.1. The fraction of sp³-hybridized carbons (Fsp3) is 0.278. The van der Waals surface area contributed by atoms with Crippen LogP contribution in [0, 0.1) is 0 Å². The Morgan fingerprint density at radius 1 is 1.04 bits per heavy atom. The van der Waals surface area contributed by atoms with Gasteiger partial charge in [-0.3, -0.25) is 4.79 Å². The van der Waals surface area contributed by atoms with Crippen LogP contribution in [-0.4, -0.2) is 36.8 Å². The molecule has 2 aromatic carbocycles. The summed E-state index contributed by atoms with van der Waals surface area (Å²) in [4.78, 5) is 14.6. The lowest BCUT2D eigenvalue weighted by Gasteiger charge is -2.29. The smallest absolute Gasteiger partial charge is 0.254 e. The third-order valence-electron chi connectivity index (χ3n) is 4.36. The summed E-state index contributed by atoms with van der Waals surface area (Å²) in [5.41, 5.74) is 1.16. The molecule has 1 aliphatic heterocycles. The Labute approximate surface area is 167 Å². The SMILES string of the molecule is O=C(c1ccc(Cl)cc1)N(Cc1ccc(Cl)cc1Cl)C1CCS(=O)(=O)C1. The van der Waals surface area contributed by atoms with Crippen molar-refractivity contribution in [3.8, 4) is 0 Å². The van der Waals surface area contributed by atoms with Crippen LogP contribution in [0.3, 0.4) is 0 Å². The number of nitrogens with zero attached hydrogens (tertiary/aromatic N) is 1. The summed E-state index contributed by atoms with van der Waals surface area (Å²) in [5, 5.41) is 1.46. The lowest BCUT2D eigenvalue weighted by Crippen LogP contribution is -2.40. The van der Waals surface area contributed by atoms with Crippen LogP contribution in [0.5, 0.6) is 0 Å². The Balaban J connectivity index is 1.93. The standard InChI is InChI=1S/C18H16Cl3NO3S/c19-14-4-1-12(2-5-14)18(23)22(16-7-8-26(24,25)11-16)10-13-3-6-15(20)9-17(13)21/h1-6,9,16H,7-8,10-11H2. The van der Waals surface area contributed by atoms with Gasteiger partial charge in [0.15, 0.2) is 9.84 Å². The monoisotopic (exact) mass is 431 g/mol. The summed E-state index contributed by atoms with van der Waals surface area (Å²) in [6, 6.07) is 11.2. The van der Waals surface area contributed by atoms with Crippen molar-refractivity contribution in [2.24, 2.45) is 0 Å². The summed E-state index contributed by atoms with van der Waals surface area (Å²) in [6.07, 6.45) is 0.410. The van der Waals surface area contributed by atoms with Gasteiger partial charge in [0.25, 0.3) is 5.91 Å². The van der Waals surface area contributed by atoms with Gasteiger partial charge in [-0.2, -0.15) is 0 Å². The number of rotatable bonds is 4. The average Bonchev–Trinajstić information content (AvgIpc) is 2.94. The van der Waals surface area contributed by atoms with Crippen LogP contribution in [-0.2, 0) is 16.4 Å². The summed E-state index contributed by atoms with van der Waals surface area (Å²) < 4.78 is 23.8. The Morgan fingerprint density at radius 2 is 1.69 bits per heavy atom. The minimum Gasteiger partial charge on any atom is -0.330 e. The van der Waals surface area contributed by atoms with E-state index < -0.39 is 15.9 Å². The zero-order valence-corrected chi connectivity index (χ0v) is 16.7. The van der Waals surface area contributed by atoms with E-state index in [1.54, 1.807) is 47.4 Å². The third-order valence-corrected chi connectivity index (χ3v) is 6.95. The first-order chi connectivity index (χ1) is 12.2. The molecule has 1 amide bonds. The second-order valence-corrected chi connectivity index (χ2v) is 9.74. The quantitative estimate of drug-likeness (QED) is 0.716.